The Morgan fingerprint density at radius 3 is 2.41 bits per heavy atom. The second kappa shape index (κ2) is 17.2. The number of para-hydroxylation sites is 1. The van der Waals surface area contributed by atoms with E-state index in [9.17, 15) is 29.1 Å². The highest BCUT2D eigenvalue weighted by Crippen LogP contribution is 2.19. The summed E-state index contributed by atoms with van der Waals surface area (Å²) in [4.78, 5) is 67.0. The lowest BCUT2D eigenvalue weighted by molar-refractivity contribution is -0.135. The number of rotatable bonds is 7. The zero-order chi connectivity index (χ0) is 35.5. The first-order valence-electron chi connectivity index (χ1n) is 16.3. The van der Waals surface area contributed by atoms with Crippen molar-refractivity contribution in [1.82, 2.24) is 36.4 Å². The molecule has 0 aliphatic carbocycles. The monoisotopic (exact) mass is 675 g/mol. The minimum Gasteiger partial charge on any atom is -0.493 e. The van der Waals surface area contributed by atoms with Gasteiger partial charge in [-0.15, -0.1) is 0 Å². The minimum atomic E-state index is -1.46. The third kappa shape index (κ3) is 10.1. The van der Waals surface area contributed by atoms with Crippen LogP contribution in [0.15, 0.2) is 54.6 Å². The topological polar surface area (TPSA) is 193 Å². The largest absolute Gasteiger partial charge is 0.493 e. The number of hydrogen-bond acceptors (Lipinski definition) is 8. The molecule has 0 fully saturated rings. The lowest BCUT2D eigenvalue weighted by Crippen LogP contribution is -2.58. The maximum Gasteiger partial charge on any atom is 0.255 e. The molecule has 1 aromatic heterocycles. The van der Waals surface area contributed by atoms with Crippen molar-refractivity contribution in [2.45, 2.75) is 77.7 Å². The molecule has 0 bridgehead atoms. The van der Waals surface area contributed by atoms with Gasteiger partial charge in [0.25, 0.3) is 5.91 Å². The van der Waals surface area contributed by atoms with Crippen LogP contribution in [0.4, 0.5) is 0 Å². The fraction of sp³-hybridized carbons (Fsp3) is 0.429. The second-order valence-corrected chi connectivity index (χ2v) is 12.1. The van der Waals surface area contributed by atoms with Crippen molar-refractivity contribution in [2.24, 2.45) is 0 Å². The molecule has 4 rings (SSSR count). The number of nitrogens with one attached hydrogen (secondary N) is 5. The first-order valence-corrected chi connectivity index (χ1v) is 16.3. The molecular weight excluding hydrogens is 630 g/mol. The zero-order valence-electron chi connectivity index (χ0n) is 28.2. The number of nitrogens with zero attached hydrogens (tertiary/aromatic N) is 2. The molecule has 0 unspecified atom stereocenters. The van der Waals surface area contributed by atoms with E-state index in [0.717, 1.165) is 22.5 Å². The zero-order valence-corrected chi connectivity index (χ0v) is 28.2. The van der Waals surface area contributed by atoms with E-state index in [2.05, 4.69) is 31.7 Å². The van der Waals surface area contributed by atoms with E-state index in [-0.39, 0.29) is 37.4 Å². The lowest BCUT2D eigenvalue weighted by atomic mass is 10.0. The summed E-state index contributed by atoms with van der Waals surface area (Å²) in [6.45, 7) is 8.00. The first kappa shape index (κ1) is 36.6. The molecule has 14 heteroatoms. The van der Waals surface area contributed by atoms with Crippen LogP contribution < -0.4 is 31.3 Å². The summed E-state index contributed by atoms with van der Waals surface area (Å²) >= 11 is 0. The van der Waals surface area contributed by atoms with E-state index in [1.165, 1.54) is 13.0 Å². The van der Waals surface area contributed by atoms with Crippen molar-refractivity contribution in [3.63, 3.8) is 0 Å². The van der Waals surface area contributed by atoms with Crippen LogP contribution in [0, 0.1) is 20.8 Å². The van der Waals surface area contributed by atoms with Crippen LogP contribution in [0.2, 0.25) is 0 Å². The highest BCUT2D eigenvalue weighted by Gasteiger charge is 2.32. The molecule has 4 atom stereocenters. The molecule has 3 aromatic rings. The van der Waals surface area contributed by atoms with Gasteiger partial charge in [-0.25, -0.2) is 0 Å². The van der Waals surface area contributed by atoms with Crippen LogP contribution in [-0.4, -0.2) is 88.3 Å². The Labute approximate surface area is 285 Å². The molecule has 14 nitrogen and oxygen atoms in total. The summed E-state index contributed by atoms with van der Waals surface area (Å²) < 4.78 is 7.64. The smallest absolute Gasteiger partial charge is 0.255 e. The Morgan fingerprint density at radius 2 is 1.71 bits per heavy atom. The third-order valence-corrected chi connectivity index (χ3v) is 8.38. The molecule has 49 heavy (non-hydrogen) atoms. The van der Waals surface area contributed by atoms with E-state index in [1.807, 2.05) is 51.1 Å². The number of aromatic nitrogens is 2. The molecular formula is C35H45N7O7. The molecule has 2 aromatic carbocycles. The average molecular weight is 676 g/mol. The molecule has 262 valence electrons. The molecule has 2 heterocycles. The third-order valence-electron chi connectivity index (χ3n) is 8.38. The number of hydrogen-bond donors (Lipinski definition) is 6. The normalized spacial score (nSPS) is 20.2. The van der Waals surface area contributed by atoms with Crippen molar-refractivity contribution >= 4 is 29.5 Å². The number of benzene rings is 2. The van der Waals surface area contributed by atoms with Gasteiger partial charge in [0.05, 0.1) is 36.9 Å². The van der Waals surface area contributed by atoms with Gasteiger partial charge >= 0.3 is 0 Å². The van der Waals surface area contributed by atoms with Gasteiger partial charge in [-0.05, 0) is 57.4 Å². The van der Waals surface area contributed by atoms with Crippen LogP contribution in [0.3, 0.4) is 0 Å². The van der Waals surface area contributed by atoms with Crippen LogP contribution in [0.25, 0.3) is 0 Å². The number of carbonyl (C=O) groups excluding carboxylic acids is 5. The van der Waals surface area contributed by atoms with Crippen molar-refractivity contribution in [3.8, 4) is 5.75 Å². The fourth-order valence-corrected chi connectivity index (χ4v) is 5.37. The van der Waals surface area contributed by atoms with E-state index < -0.39 is 60.2 Å². The van der Waals surface area contributed by atoms with Crippen LogP contribution in [0.5, 0.6) is 5.75 Å². The maximum absolute atomic E-state index is 13.5. The van der Waals surface area contributed by atoms with Crippen LogP contribution in [0.1, 0.15) is 52.6 Å². The summed E-state index contributed by atoms with van der Waals surface area (Å²) in [5.74, 6) is -3.05. The molecule has 0 saturated carbocycles. The first-order chi connectivity index (χ1) is 23.4. The Hall–Kier alpha value is -5.24. The number of ether oxygens (including phenoxy) is 1. The van der Waals surface area contributed by atoms with E-state index in [1.54, 1.807) is 22.9 Å². The Kier molecular flexibility index (Phi) is 12.9. The summed E-state index contributed by atoms with van der Waals surface area (Å²) in [5, 5.41) is 28.3. The van der Waals surface area contributed by atoms with Gasteiger partial charge in [0.1, 0.15) is 23.9 Å². The molecule has 6 N–H and O–H groups in total. The standard InChI is InChI=1S/C35H45N7O7/c1-21-22(2)41-42(23(21)3)17-16-37-34(47)28-20-30(44)40-31(24(4)43)35(48)39-27(19-25-11-6-5-7-12-25)33(46)36-15-10-18-49-29-14-9-8-13-26(29)32(45)38-28/h5-9,11-14,24,27-28,31,43H,10,15-20H2,1-4H3,(H,36,46)(H,37,47)(H,38,45)(H,39,48)(H,40,44)/t24-,27+,28+,31+/m1/s1. The Morgan fingerprint density at radius 1 is 1.00 bits per heavy atom. The molecule has 1 aliphatic rings. The molecule has 1 aliphatic heterocycles. The minimum absolute atomic E-state index is 0.146. The van der Waals surface area contributed by atoms with Crippen molar-refractivity contribution in [2.75, 3.05) is 19.7 Å². The predicted molar refractivity (Wildman–Crippen MR) is 181 cm³/mol. The van der Waals surface area contributed by atoms with Crippen molar-refractivity contribution in [3.05, 3.63) is 82.7 Å². The molecule has 0 radical (unpaired) electrons. The SMILES string of the molecule is Cc1nn(CCNC(=O)[C@@H]2CC(=O)N[C@@H]([C@@H](C)O)C(=O)N[C@@H](Cc3ccccc3)C(=O)NCCCOc3ccccc3C(=O)N2)c(C)c1C. The Balaban J connectivity index is 1.58. The highest BCUT2D eigenvalue weighted by atomic mass is 16.5. The van der Waals surface area contributed by atoms with Crippen LogP contribution >= 0.6 is 0 Å². The summed E-state index contributed by atoms with van der Waals surface area (Å²) in [6, 6.07) is 11.8. The molecule has 0 spiro atoms. The van der Waals surface area contributed by atoms with E-state index >= 15 is 0 Å². The average Bonchev–Trinajstić information content (AvgIpc) is 3.32. The number of amides is 5. The van der Waals surface area contributed by atoms with Gasteiger partial charge in [0.15, 0.2) is 0 Å². The second-order valence-electron chi connectivity index (χ2n) is 12.1. The van der Waals surface area contributed by atoms with Crippen LogP contribution in [-0.2, 0) is 32.1 Å². The summed E-state index contributed by atoms with van der Waals surface area (Å²) in [7, 11) is 0. The predicted octanol–water partition coefficient (Wildman–Crippen LogP) is 0.605. The quantitative estimate of drug-likeness (QED) is 0.210. The van der Waals surface area contributed by atoms with Gasteiger partial charge < -0.3 is 36.4 Å². The number of fused-ring (bicyclic) bond motifs is 1. The van der Waals surface area contributed by atoms with Gasteiger partial charge in [0, 0.05) is 25.2 Å². The summed E-state index contributed by atoms with van der Waals surface area (Å²) in [5.41, 5.74) is 3.82. The van der Waals surface area contributed by atoms with E-state index in [0.29, 0.717) is 13.0 Å². The maximum atomic E-state index is 13.5. The van der Waals surface area contributed by atoms with Gasteiger partial charge in [-0.1, -0.05) is 42.5 Å². The van der Waals surface area contributed by atoms with Gasteiger partial charge in [0.2, 0.25) is 23.6 Å². The highest BCUT2D eigenvalue weighted by molar-refractivity contribution is 6.01. The Bertz CT molecular complexity index is 1640. The summed E-state index contributed by atoms with van der Waals surface area (Å²) in [6.07, 6.45) is -1.36. The fourth-order valence-electron chi connectivity index (χ4n) is 5.37. The van der Waals surface area contributed by atoms with Crippen molar-refractivity contribution < 1.29 is 33.8 Å². The van der Waals surface area contributed by atoms with Gasteiger partial charge in [-0.2, -0.15) is 5.10 Å². The van der Waals surface area contributed by atoms with Crippen molar-refractivity contribution in [1.29, 1.82) is 0 Å². The van der Waals surface area contributed by atoms with E-state index in [4.69, 9.17) is 4.74 Å². The number of aryl methyl sites for hydroxylation is 1. The number of aliphatic hydroxyl groups excluding tert-OH is 1. The molecule has 0 saturated heterocycles. The molecule has 5 amide bonds. The number of carbonyl (C=O) groups is 5. The van der Waals surface area contributed by atoms with Gasteiger partial charge in [-0.3, -0.25) is 28.7 Å². The lowest BCUT2D eigenvalue weighted by Gasteiger charge is -2.26. The number of aliphatic hydroxyl groups is 1.